The van der Waals surface area contributed by atoms with E-state index >= 15 is 0 Å². The number of aromatic nitrogens is 2. The first-order valence-electron chi connectivity index (χ1n) is 6.63. The van der Waals surface area contributed by atoms with E-state index in [9.17, 15) is 0 Å². The number of aryl methyl sites for hydroxylation is 1. The number of rotatable bonds is 7. The van der Waals surface area contributed by atoms with Crippen molar-refractivity contribution in [3.05, 3.63) is 46.9 Å². The summed E-state index contributed by atoms with van der Waals surface area (Å²) in [5.74, 6) is 2.07. The molecule has 5 nitrogen and oxygen atoms in total. The van der Waals surface area contributed by atoms with E-state index in [1.165, 1.54) is 5.56 Å². The molecule has 0 saturated heterocycles. The molecule has 1 aromatic carbocycles. The lowest BCUT2D eigenvalue weighted by atomic mass is 10.2. The summed E-state index contributed by atoms with van der Waals surface area (Å²) >= 11 is 5.93. The normalized spacial score (nSPS) is 10.4. The largest absolute Gasteiger partial charge is 0.492 e. The Hall–Kier alpha value is -1.85. The highest BCUT2D eigenvalue weighted by Crippen LogP contribution is 2.13. The van der Waals surface area contributed by atoms with Crippen LogP contribution >= 0.6 is 11.6 Å². The van der Waals surface area contributed by atoms with Gasteiger partial charge >= 0.3 is 0 Å². The monoisotopic (exact) mass is 307 g/mol. The number of methoxy groups -OCH3 is 1. The third kappa shape index (κ3) is 5.21. The van der Waals surface area contributed by atoms with Crippen molar-refractivity contribution in [1.29, 1.82) is 0 Å². The standard InChI is InChI=1S/C15H18ClN3O2/c1-11-4-3-5-12(8-11)21-7-6-17-14-9-13(16)18-15(19-14)10-20-2/h3-5,8-9H,6-7,10H2,1-2H3,(H,17,18,19). The van der Waals surface area contributed by atoms with Gasteiger partial charge in [0, 0.05) is 13.2 Å². The molecule has 1 heterocycles. The number of benzene rings is 1. The number of hydrogen-bond donors (Lipinski definition) is 1. The first-order chi connectivity index (χ1) is 10.2. The van der Waals surface area contributed by atoms with Gasteiger partial charge < -0.3 is 14.8 Å². The topological polar surface area (TPSA) is 56.3 Å². The zero-order chi connectivity index (χ0) is 15.1. The van der Waals surface area contributed by atoms with Gasteiger partial charge in [-0.2, -0.15) is 0 Å². The molecular weight excluding hydrogens is 290 g/mol. The molecule has 0 aliphatic carbocycles. The van der Waals surface area contributed by atoms with Crippen LogP contribution in [0.15, 0.2) is 30.3 Å². The Morgan fingerprint density at radius 3 is 2.86 bits per heavy atom. The van der Waals surface area contributed by atoms with Gasteiger partial charge in [0.15, 0.2) is 5.82 Å². The second-order valence-electron chi connectivity index (χ2n) is 4.52. The molecule has 0 unspecified atom stereocenters. The molecule has 0 atom stereocenters. The van der Waals surface area contributed by atoms with Gasteiger partial charge in [0.05, 0.1) is 6.54 Å². The second kappa shape index (κ2) is 7.81. The van der Waals surface area contributed by atoms with Gasteiger partial charge in [0.25, 0.3) is 0 Å². The van der Waals surface area contributed by atoms with Gasteiger partial charge in [-0.3, -0.25) is 0 Å². The highest BCUT2D eigenvalue weighted by atomic mass is 35.5. The van der Waals surface area contributed by atoms with Crippen LogP contribution in [0.1, 0.15) is 11.4 Å². The van der Waals surface area contributed by atoms with Gasteiger partial charge in [0.1, 0.15) is 29.9 Å². The minimum absolute atomic E-state index is 0.328. The molecule has 0 bridgehead atoms. The molecule has 0 saturated carbocycles. The Balaban J connectivity index is 1.83. The minimum atomic E-state index is 0.328. The maximum Gasteiger partial charge on any atom is 0.158 e. The molecule has 1 N–H and O–H groups in total. The van der Waals surface area contributed by atoms with Gasteiger partial charge in [0.2, 0.25) is 0 Å². The Labute approximate surface area is 129 Å². The van der Waals surface area contributed by atoms with E-state index in [4.69, 9.17) is 21.1 Å². The minimum Gasteiger partial charge on any atom is -0.492 e. The molecule has 2 aromatic rings. The van der Waals surface area contributed by atoms with E-state index in [0.29, 0.717) is 36.6 Å². The molecule has 6 heteroatoms. The molecule has 112 valence electrons. The molecule has 2 rings (SSSR count). The zero-order valence-electron chi connectivity index (χ0n) is 12.1. The predicted octanol–water partition coefficient (Wildman–Crippen LogP) is 3.08. The van der Waals surface area contributed by atoms with Crippen LogP contribution in [0.5, 0.6) is 5.75 Å². The Morgan fingerprint density at radius 2 is 2.10 bits per heavy atom. The van der Waals surface area contributed by atoms with E-state index < -0.39 is 0 Å². The average molecular weight is 308 g/mol. The second-order valence-corrected chi connectivity index (χ2v) is 4.90. The maximum absolute atomic E-state index is 5.93. The van der Waals surface area contributed by atoms with Crippen LogP contribution in [0.2, 0.25) is 5.15 Å². The van der Waals surface area contributed by atoms with Crippen LogP contribution in [0.3, 0.4) is 0 Å². The summed E-state index contributed by atoms with van der Waals surface area (Å²) in [7, 11) is 1.59. The third-order valence-electron chi connectivity index (χ3n) is 2.68. The van der Waals surface area contributed by atoms with Crippen molar-refractivity contribution in [2.75, 3.05) is 25.6 Å². The summed E-state index contributed by atoms with van der Waals surface area (Å²) in [4.78, 5) is 8.36. The van der Waals surface area contributed by atoms with Crippen molar-refractivity contribution in [3.63, 3.8) is 0 Å². The zero-order valence-corrected chi connectivity index (χ0v) is 12.9. The summed E-state index contributed by atoms with van der Waals surface area (Å²) < 4.78 is 10.6. The molecule has 0 aliphatic heterocycles. The summed E-state index contributed by atoms with van der Waals surface area (Å²) in [6.45, 7) is 3.51. The molecule has 0 fully saturated rings. The van der Waals surface area contributed by atoms with Crippen LogP contribution in [0.25, 0.3) is 0 Å². The van der Waals surface area contributed by atoms with E-state index in [2.05, 4.69) is 15.3 Å². The number of anilines is 1. The molecule has 21 heavy (non-hydrogen) atoms. The number of nitrogens with zero attached hydrogens (tertiary/aromatic N) is 2. The first kappa shape index (κ1) is 15.5. The Kier molecular flexibility index (Phi) is 5.78. The van der Waals surface area contributed by atoms with Crippen LogP contribution < -0.4 is 10.1 Å². The highest BCUT2D eigenvalue weighted by Gasteiger charge is 2.03. The Bertz CT molecular complexity index is 593. The van der Waals surface area contributed by atoms with Crippen molar-refractivity contribution in [2.24, 2.45) is 0 Å². The summed E-state index contributed by atoms with van der Waals surface area (Å²) in [5.41, 5.74) is 1.17. The van der Waals surface area contributed by atoms with Crippen LogP contribution in [0, 0.1) is 6.92 Å². The van der Waals surface area contributed by atoms with Gasteiger partial charge in [-0.05, 0) is 24.6 Å². The van der Waals surface area contributed by atoms with E-state index in [1.54, 1.807) is 13.2 Å². The maximum atomic E-state index is 5.93. The lowest BCUT2D eigenvalue weighted by molar-refractivity contribution is 0.178. The third-order valence-corrected chi connectivity index (χ3v) is 2.87. The fourth-order valence-electron chi connectivity index (χ4n) is 1.80. The number of ether oxygens (including phenoxy) is 2. The molecular formula is C15H18ClN3O2. The first-order valence-corrected chi connectivity index (χ1v) is 7.01. The van der Waals surface area contributed by atoms with Crippen LogP contribution in [0.4, 0.5) is 5.82 Å². The van der Waals surface area contributed by atoms with Crippen molar-refractivity contribution in [1.82, 2.24) is 9.97 Å². The highest BCUT2D eigenvalue weighted by molar-refractivity contribution is 6.29. The summed E-state index contributed by atoms with van der Waals surface area (Å²) in [5, 5.41) is 3.54. The lowest BCUT2D eigenvalue weighted by Gasteiger charge is -2.09. The van der Waals surface area contributed by atoms with Crippen molar-refractivity contribution >= 4 is 17.4 Å². The van der Waals surface area contributed by atoms with Crippen LogP contribution in [-0.4, -0.2) is 30.2 Å². The van der Waals surface area contributed by atoms with Crippen molar-refractivity contribution in [2.45, 2.75) is 13.5 Å². The Morgan fingerprint density at radius 1 is 1.24 bits per heavy atom. The quantitative estimate of drug-likeness (QED) is 0.629. The predicted molar refractivity (Wildman–Crippen MR) is 82.9 cm³/mol. The van der Waals surface area contributed by atoms with Gasteiger partial charge in [-0.15, -0.1) is 0 Å². The SMILES string of the molecule is COCc1nc(Cl)cc(NCCOc2cccc(C)c2)n1. The molecule has 0 spiro atoms. The van der Waals surface area contributed by atoms with Gasteiger partial charge in [-0.25, -0.2) is 9.97 Å². The molecule has 0 amide bonds. The smallest absolute Gasteiger partial charge is 0.158 e. The summed E-state index contributed by atoms with van der Waals surface area (Å²) in [6.07, 6.45) is 0. The van der Waals surface area contributed by atoms with Gasteiger partial charge in [-0.1, -0.05) is 23.7 Å². The van der Waals surface area contributed by atoms with E-state index in [1.807, 2.05) is 31.2 Å². The van der Waals surface area contributed by atoms with Crippen molar-refractivity contribution < 1.29 is 9.47 Å². The fraction of sp³-hybridized carbons (Fsp3) is 0.333. The van der Waals surface area contributed by atoms with Crippen molar-refractivity contribution in [3.8, 4) is 5.75 Å². The molecule has 0 radical (unpaired) electrons. The summed E-state index contributed by atoms with van der Waals surface area (Å²) in [6, 6.07) is 9.61. The van der Waals surface area contributed by atoms with E-state index in [-0.39, 0.29) is 0 Å². The van der Waals surface area contributed by atoms with E-state index in [0.717, 1.165) is 5.75 Å². The number of nitrogens with one attached hydrogen (secondary N) is 1. The number of hydrogen-bond acceptors (Lipinski definition) is 5. The average Bonchev–Trinajstić information content (AvgIpc) is 2.43. The fourth-order valence-corrected chi connectivity index (χ4v) is 2.00. The lowest BCUT2D eigenvalue weighted by Crippen LogP contribution is -2.13. The molecule has 0 aliphatic rings. The number of halogens is 1. The molecule has 1 aromatic heterocycles. The van der Waals surface area contributed by atoms with Crippen LogP contribution in [-0.2, 0) is 11.3 Å².